The number of aliphatic carboxylic acids is 1. The number of carbonyl (C=O) groups is 1. The number of carboxylic acid groups (broad SMARTS) is 1. The average Bonchev–Trinajstić information content (AvgIpc) is 2.47. The lowest BCUT2D eigenvalue weighted by atomic mass is 9.92. The molecule has 20 heavy (non-hydrogen) atoms. The van der Waals surface area contributed by atoms with Gasteiger partial charge < -0.3 is 9.84 Å². The second kappa shape index (κ2) is 7.90. The van der Waals surface area contributed by atoms with Gasteiger partial charge in [0.25, 0.3) is 0 Å². The lowest BCUT2D eigenvalue weighted by Crippen LogP contribution is -2.36. The van der Waals surface area contributed by atoms with Gasteiger partial charge in [0.05, 0.1) is 0 Å². The fourth-order valence-electron chi connectivity index (χ4n) is 2.64. The van der Waals surface area contributed by atoms with Crippen LogP contribution in [0.2, 0.25) is 0 Å². The summed E-state index contributed by atoms with van der Waals surface area (Å²) in [7, 11) is 0. The molecule has 0 spiro atoms. The second-order valence-corrected chi connectivity index (χ2v) is 5.38. The number of likely N-dealkylation sites (tertiary alicyclic amines) is 1. The number of rotatable bonds is 7. The molecule has 0 aromatic heterocycles. The Balaban J connectivity index is 1.59. The van der Waals surface area contributed by atoms with Crippen molar-refractivity contribution in [3.63, 3.8) is 0 Å². The zero-order valence-electron chi connectivity index (χ0n) is 11.8. The maximum atomic E-state index is 10.6. The highest BCUT2D eigenvalue weighted by atomic mass is 16.5. The van der Waals surface area contributed by atoms with E-state index in [4.69, 9.17) is 9.84 Å². The SMILES string of the molecule is O=C(O)CCC1CCN(CCOc2ccccc2)CC1. The Morgan fingerprint density at radius 1 is 1.25 bits per heavy atom. The van der Waals surface area contributed by atoms with Crippen molar-refractivity contribution < 1.29 is 14.6 Å². The molecule has 4 nitrogen and oxygen atoms in total. The molecule has 1 aliphatic rings. The monoisotopic (exact) mass is 277 g/mol. The Labute approximate surface area is 120 Å². The van der Waals surface area contributed by atoms with Gasteiger partial charge in [0.1, 0.15) is 12.4 Å². The van der Waals surface area contributed by atoms with Gasteiger partial charge in [0.2, 0.25) is 0 Å². The number of hydrogen-bond acceptors (Lipinski definition) is 3. The molecule has 1 N–H and O–H groups in total. The molecule has 0 saturated carbocycles. The van der Waals surface area contributed by atoms with Crippen molar-refractivity contribution in [1.29, 1.82) is 0 Å². The van der Waals surface area contributed by atoms with Crippen LogP contribution in [0.4, 0.5) is 0 Å². The highest BCUT2D eigenvalue weighted by Crippen LogP contribution is 2.21. The van der Waals surface area contributed by atoms with Crippen LogP contribution in [0.5, 0.6) is 5.75 Å². The molecule has 4 heteroatoms. The van der Waals surface area contributed by atoms with Crippen molar-refractivity contribution in [2.45, 2.75) is 25.7 Å². The molecule has 2 rings (SSSR count). The van der Waals surface area contributed by atoms with E-state index in [0.29, 0.717) is 18.9 Å². The molecule has 1 aromatic rings. The zero-order chi connectivity index (χ0) is 14.2. The molecular formula is C16H23NO3. The Kier molecular flexibility index (Phi) is 5.87. The average molecular weight is 277 g/mol. The van der Waals surface area contributed by atoms with E-state index in [9.17, 15) is 4.79 Å². The van der Waals surface area contributed by atoms with Gasteiger partial charge in [-0.25, -0.2) is 0 Å². The maximum Gasteiger partial charge on any atom is 0.303 e. The van der Waals surface area contributed by atoms with E-state index < -0.39 is 5.97 Å². The molecule has 1 saturated heterocycles. The number of para-hydroxylation sites is 1. The summed E-state index contributed by atoms with van der Waals surface area (Å²) in [5.74, 6) is 0.824. The predicted octanol–water partition coefficient (Wildman–Crippen LogP) is 2.64. The van der Waals surface area contributed by atoms with Crippen LogP contribution < -0.4 is 4.74 Å². The Bertz CT molecular complexity index is 399. The Hall–Kier alpha value is -1.55. The van der Waals surface area contributed by atoms with E-state index in [-0.39, 0.29) is 0 Å². The third kappa shape index (κ3) is 5.21. The predicted molar refractivity (Wildman–Crippen MR) is 78.0 cm³/mol. The smallest absolute Gasteiger partial charge is 0.303 e. The summed E-state index contributed by atoms with van der Waals surface area (Å²) >= 11 is 0. The topological polar surface area (TPSA) is 49.8 Å². The van der Waals surface area contributed by atoms with Gasteiger partial charge in [-0.2, -0.15) is 0 Å². The van der Waals surface area contributed by atoms with Crippen molar-refractivity contribution in [3.05, 3.63) is 30.3 Å². The minimum Gasteiger partial charge on any atom is -0.492 e. The van der Waals surface area contributed by atoms with Gasteiger partial charge in [-0.1, -0.05) is 18.2 Å². The summed E-state index contributed by atoms with van der Waals surface area (Å²) in [4.78, 5) is 13.0. The highest BCUT2D eigenvalue weighted by molar-refractivity contribution is 5.66. The molecule has 0 aliphatic carbocycles. The Morgan fingerprint density at radius 2 is 1.95 bits per heavy atom. The van der Waals surface area contributed by atoms with Crippen LogP contribution in [0.25, 0.3) is 0 Å². The first-order valence-electron chi connectivity index (χ1n) is 7.36. The molecule has 0 radical (unpaired) electrons. The normalized spacial score (nSPS) is 17.0. The standard InChI is InChI=1S/C16H23NO3/c18-16(19)7-6-14-8-10-17(11-9-14)12-13-20-15-4-2-1-3-5-15/h1-5,14H,6-13H2,(H,18,19). The van der Waals surface area contributed by atoms with Gasteiger partial charge in [0, 0.05) is 13.0 Å². The molecule has 1 aliphatic heterocycles. The summed E-state index contributed by atoms with van der Waals surface area (Å²) in [6, 6.07) is 9.87. The first-order valence-corrected chi connectivity index (χ1v) is 7.36. The van der Waals surface area contributed by atoms with Crippen molar-refractivity contribution in [1.82, 2.24) is 4.90 Å². The first-order chi connectivity index (χ1) is 9.74. The second-order valence-electron chi connectivity index (χ2n) is 5.38. The number of piperidine rings is 1. The molecule has 110 valence electrons. The molecule has 1 heterocycles. The van der Waals surface area contributed by atoms with Crippen LogP contribution in [-0.2, 0) is 4.79 Å². The van der Waals surface area contributed by atoms with Crippen LogP contribution in [-0.4, -0.2) is 42.2 Å². The fraction of sp³-hybridized carbons (Fsp3) is 0.562. The number of carboxylic acids is 1. The van der Waals surface area contributed by atoms with Crippen LogP contribution in [0.3, 0.4) is 0 Å². The summed E-state index contributed by atoms with van der Waals surface area (Å²) in [6.45, 7) is 3.77. The molecule has 0 bridgehead atoms. The summed E-state index contributed by atoms with van der Waals surface area (Å²) in [6.07, 6.45) is 3.35. The van der Waals surface area contributed by atoms with Gasteiger partial charge in [-0.15, -0.1) is 0 Å². The van der Waals surface area contributed by atoms with E-state index >= 15 is 0 Å². The van der Waals surface area contributed by atoms with Crippen LogP contribution >= 0.6 is 0 Å². The number of nitrogens with zero attached hydrogens (tertiary/aromatic N) is 1. The van der Waals surface area contributed by atoms with Gasteiger partial charge >= 0.3 is 5.97 Å². The van der Waals surface area contributed by atoms with Crippen molar-refractivity contribution >= 4 is 5.97 Å². The van der Waals surface area contributed by atoms with Crippen molar-refractivity contribution in [2.75, 3.05) is 26.2 Å². The van der Waals surface area contributed by atoms with E-state index in [2.05, 4.69) is 4.90 Å². The summed E-state index contributed by atoms with van der Waals surface area (Å²) in [5, 5.41) is 8.69. The van der Waals surface area contributed by atoms with E-state index in [1.165, 1.54) is 0 Å². The largest absolute Gasteiger partial charge is 0.492 e. The van der Waals surface area contributed by atoms with Crippen LogP contribution in [0, 0.1) is 5.92 Å². The van der Waals surface area contributed by atoms with Gasteiger partial charge in [-0.05, 0) is 50.4 Å². The number of ether oxygens (including phenoxy) is 1. The summed E-state index contributed by atoms with van der Waals surface area (Å²) < 4.78 is 5.70. The minimum absolute atomic E-state index is 0.307. The maximum absolute atomic E-state index is 10.6. The summed E-state index contributed by atoms with van der Waals surface area (Å²) in [5.41, 5.74) is 0. The fourth-order valence-corrected chi connectivity index (χ4v) is 2.64. The van der Waals surface area contributed by atoms with E-state index in [0.717, 1.165) is 44.6 Å². The molecular weight excluding hydrogens is 254 g/mol. The van der Waals surface area contributed by atoms with E-state index in [1.54, 1.807) is 0 Å². The van der Waals surface area contributed by atoms with E-state index in [1.807, 2.05) is 30.3 Å². The van der Waals surface area contributed by atoms with Gasteiger partial charge in [0.15, 0.2) is 0 Å². The molecule has 0 amide bonds. The first kappa shape index (κ1) is 14.9. The minimum atomic E-state index is -0.677. The lowest BCUT2D eigenvalue weighted by Gasteiger charge is -2.31. The lowest BCUT2D eigenvalue weighted by molar-refractivity contribution is -0.137. The molecule has 0 unspecified atom stereocenters. The third-order valence-corrected chi connectivity index (χ3v) is 3.89. The number of hydrogen-bond donors (Lipinski definition) is 1. The van der Waals surface area contributed by atoms with Crippen LogP contribution in [0.1, 0.15) is 25.7 Å². The quantitative estimate of drug-likeness (QED) is 0.832. The van der Waals surface area contributed by atoms with Crippen LogP contribution in [0.15, 0.2) is 30.3 Å². The third-order valence-electron chi connectivity index (χ3n) is 3.89. The van der Waals surface area contributed by atoms with Gasteiger partial charge in [-0.3, -0.25) is 9.69 Å². The van der Waals surface area contributed by atoms with Crippen molar-refractivity contribution in [2.24, 2.45) is 5.92 Å². The number of benzene rings is 1. The molecule has 0 atom stereocenters. The molecule has 1 fully saturated rings. The molecule has 1 aromatic carbocycles. The van der Waals surface area contributed by atoms with Crippen molar-refractivity contribution in [3.8, 4) is 5.75 Å². The Morgan fingerprint density at radius 3 is 2.60 bits per heavy atom. The zero-order valence-corrected chi connectivity index (χ0v) is 11.8. The highest BCUT2D eigenvalue weighted by Gasteiger charge is 2.19.